The summed E-state index contributed by atoms with van der Waals surface area (Å²) in [4.78, 5) is 14.2. The monoisotopic (exact) mass is 240 g/mol. The van der Waals surface area contributed by atoms with Crippen molar-refractivity contribution in [3.63, 3.8) is 0 Å². The smallest absolute Gasteiger partial charge is 0.166 e. The van der Waals surface area contributed by atoms with Crippen LogP contribution in [-0.4, -0.2) is 12.4 Å². The highest BCUT2D eigenvalue weighted by atomic mass is 32.1. The lowest BCUT2D eigenvalue weighted by molar-refractivity contribution is -0.130. The number of carbonyl (C=O) groups excluding carboxylic acids is 1. The zero-order valence-electron chi connectivity index (χ0n) is 10.3. The number of ether oxygens (including phenoxy) is 1. The highest BCUT2D eigenvalue weighted by Crippen LogP contribution is 2.27. The molecular weight excluding hydrogens is 220 g/mol. The summed E-state index contributed by atoms with van der Waals surface area (Å²) in [7, 11) is 0. The quantitative estimate of drug-likeness (QED) is 0.722. The molecule has 0 spiro atoms. The molecule has 0 amide bonds. The summed E-state index contributed by atoms with van der Waals surface area (Å²) in [5, 5.41) is 0. The van der Waals surface area contributed by atoms with Gasteiger partial charge in [0.05, 0.1) is 0 Å². The second kappa shape index (κ2) is 6.81. The average molecular weight is 240 g/mol. The first-order chi connectivity index (χ1) is 7.69. The van der Waals surface area contributed by atoms with Crippen molar-refractivity contribution in [3.05, 3.63) is 21.9 Å². The fraction of sp³-hybridized carbons (Fsp3) is 0.615. The van der Waals surface area contributed by atoms with E-state index >= 15 is 0 Å². The van der Waals surface area contributed by atoms with Gasteiger partial charge in [0.2, 0.25) is 0 Å². The first kappa shape index (κ1) is 13.4. The summed E-state index contributed by atoms with van der Waals surface area (Å²) in [6, 6.07) is 4.05. The topological polar surface area (TPSA) is 26.3 Å². The molecule has 90 valence electrons. The molecule has 2 nitrogen and oxygen atoms in total. The molecule has 1 aromatic heterocycles. The molecule has 0 aliphatic carbocycles. The molecule has 0 saturated carbocycles. The van der Waals surface area contributed by atoms with Crippen LogP contribution in [0, 0.1) is 6.92 Å². The number of hydrogen-bond acceptors (Lipinski definition) is 3. The van der Waals surface area contributed by atoms with E-state index in [9.17, 15) is 4.79 Å². The zero-order chi connectivity index (χ0) is 12.0. The van der Waals surface area contributed by atoms with Gasteiger partial charge in [0, 0.05) is 22.8 Å². The van der Waals surface area contributed by atoms with Gasteiger partial charge in [-0.3, -0.25) is 4.79 Å². The second-order valence-corrected chi connectivity index (χ2v) is 5.24. The molecule has 3 heteroatoms. The van der Waals surface area contributed by atoms with Crippen molar-refractivity contribution in [2.24, 2.45) is 0 Å². The normalized spacial score (nSPS) is 12.7. The van der Waals surface area contributed by atoms with Crippen LogP contribution in [0.2, 0.25) is 0 Å². The van der Waals surface area contributed by atoms with Crippen molar-refractivity contribution in [3.8, 4) is 0 Å². The molecule has 0 aliphatic rings. The Kier molecular flexibility index (Phi) is 5.71. The molecule has 0 aliphatic heterocycles. The molecule has 0 saturated heterocycles. The number of aryl methyl sites for hydroxylation is 1. The Morgan fingerprint density at radius 1 is 1.38 bits per heavy atom. The third-order valence-electron chi connectivity index (χ3n) is 2.30. The van der Waals surface area contributed by atoms with Crippen LogP contribution in [-0.2, 0) is 9.53 Å². The van der Waals surface area contributed by atoms with E-state index < -0.39 is 0 Å². The van der Waals surface area contributed by atoms with Crippen molar-refractivity contribution in [2.75, 3.05) is 6.61 Å². The SMILES string of the molecule is CCCOC(C(=O)CCC)c1ccc(C)s1. The van der Waals surface area contributed by atoms with E-state index in [1.165, 1.54) is 4.88 Å². The summed E-state index contributed by atoms with van der Waals surface area (Å²) < 4.78 is 5.67. The molecule has 1 aromatic rings. The van der Waals surface area contributed by atoms with Crippen molar-refractivity contribution in [2.45, 2.75) is 46.1 Å². The molecule has 1 unspecified atom stereocenters. The van der Waals surface area contributed by atoms with E-state index in [4.69, 9.17) is 4.74 Å². The summed E-state index contributed by atoms with van der Waals surface area (Å²) in [6.07, 6.45) is 2.10. The third-order valence-corrected chi connectivity index (χ3v) is 3.34. The number of Topliss-reactive ketones (excluding diaryl/α,β-unsaturated/α-hetero) is 1. The number of thiophene rings is 1. The third kappa shape index (κ3) is 3.72. The Labute approximate surface area is 102 Å². The van der Waals surface area contributed by atoms with Crippen LogP contribution in [0.3, 0.4) is 0 Å². The van der Waals surface area contributed by atoms with Crippen LogP contribution < -0.4 is 0 Å². The Balaban J connectivity index is 2.74. The van der Waals surface area contributed by atoms with E-state index in [0.717, 1.165) is 17.7 Å². The minimum Gasteiger partial charge on any atom is -0.365 e. The standard InChI is InChI=1S/C13H20O2S/c1-4-6-11(14)13(15-9-5-2)12-8-7-10(3)16-12/h7-8,13H,4-6,9H2,1-3H3. The van der Waals surface area contributed by atoms with E-state index in [2.05, 4.69) is 13.8 Å². The molecule has 16 heavy (non-hydrogen) atoms. The lowest BCUT2D eigenvalue weighted by Crippen LogP contribution is -2.15. The molecule has 0 N–H and O–H groups in total. The fourth-order valence-electron chi connectivity index (χ4n) is 1.54. The first-order valence-corrected chi connectivity index (χ1v) is 6.71. The molecule has 0 aromatic carbocycles. The van der Waals surface area contributed by atoms with Gasteiger partial charge in [-0.2, -0.15) is 0 Å². The molecule has 1 atom stereocenters. The van der Waals surface area contributed by atoms with Crippen LogP contribution in [0.4, 0.5) is 0 Å². The predicted octanol–water partition coefficient (Wildman–Crippen LogP) is 3.89. The minimum atomic E-state index is -0.335. The van der Waals surface area contributed by atoms with Crippen LogP contribution in [0.25, 0.3) is 0 Å². The number of ketones is 1. The molecule has 0 bridgehead atoms. The van der Waals surface area contributed by atoms with Crippen molar-refractivity contribution < 1.29 is 9.53 Å². The molecule has 1 rings (SSSR count). The van der Waals surface area contributed by atoms with Gasteiger partial charge in [-0.05, 0) is 31.9 Å². The molecule has 0 fully saturated rings. The van der Waals surface area contributed by atoms with Gasteiger partial charge in [-0.1, -0.05) is 13.8 Å². The van der Waals surface area contributed by atoms with Gasteiger partial charge in [-0.25, -0.2) is 0 Å². The number of rotatable bonds is 7. The maximum absolute atomic E-state index is 11.9. The van der Waals surface area contributed by atoms with Crippen molar-refractivity contribution in [1.82, 2.24) is 0 Å². The Morgan fingerprint density at radius 3 is 2.62 bits per heavy atom. The molecule has 0 radical (unpaired) electrons. The van der Waals surface area contributed by atoms with Crippen LogP contribution in [0.15, 0.2) is 12.1 Å². The zero-order valence-corrected chi connectivity index (χ0v) is 11.1. The maximum atomic E-state index is 11.9. The van der Waals surface area contributed by atoms with Gasteiger partial charge in [0.15, 0.2) is 5.78 Å². The summed E-state index contributed by atoms with van der Waals surface area (Å²) >= 11 is 1.65. The van der Waals surface area contributed by atoms with Crippen LogP contribution in [0.5, 0.6) is 0 Å². The highest BCUT2D eigenvalue weighted by Gasteiger charge is 2.21. The van der Waals surface area contributed by atoms with Crippen molar-refractivity contribution in [1.29, 1.82) is 0 Å². The van der Waals surface area contributed by atoms with Gasteiger partial charge >= 0.3 is 0 Å². The molecular formula is C13H20O2S. The van der Waals surface area contributed by atoms with E-state index in [1.807, 2.05) is 19.1 Å². The Morgan fingerprint density at radius 2 is 2.12 bits per heavy atom. The van der Waals surface area contributed by atoms with Gasteiger partial charge in [0.25, 0.3) is 0 Å². The van der Waals surface area contributed by atoms with Gasteiger partial charge in [0.1, 0.15) is 6.10 Å². The number of carbonyl (C=O) groups is 1. The predicted molar refractivity (Wildman–Crippen MR) is 68.0 cm³/mol. The summed E-state index contributed by atoms with van der Waals surface area (Å²) in [5.74, 6) is 0.206. The number of hydrogen-bond donors (Lipinski definition) is 0. The highest BCUT2D eigenvalue weighted by molar-refractivity contribution is 7.12. The van der Waals surface area contributed by atoms with Crippen molar-refractivity contribution >= 4 is 17.1 Å². The molecule has 1 heterocycles. The second-order valence-electron chi connectivity index (χ2n) is 3.92. The van der Waals surface area contributed by atoms with E-state index in [1.54, 1.807) is 11.3 Å². The van der Waals surface area contributed by atoms with Gasteiger partial charge < -0.3 is 4.74 Å². The van der Waals surface area contributed by atoms with E-state index in [-0.39, 0.29) is 11.9 Å². The van der Waals surface area contributed by atoms with Gasteiger partial charge in [-0.15, -0.1) is 11.3 Å². The lowest BCUT2D eigenvalue weighted by Gasteiger charge is -2.14. The maximum Gasteiger partial charge on any atom is 0.166 e. The van der Waals surface area contributed by atoms with E-state index in [0.29, 0.717) is 13.0 Å². The lowest BCUT2D eigenvalue weighted by atomic mass is 10.1. The minimum absolute atomic E-state index is 0.206. The largest absolute Gasteiger partial charge is 0.365 e. The van der Waals surface area contributed by atoms with Crippen LogP contribution >= 0.6 is 11.3 Å². The van der Waals surface area contributed by atoms with Crippen LogP contribution in [0.1, 0.15) is 49.0 Å². The summed E-state index contributed by atoms with van der Waals surface area (Å²) in [5.41, 5.74) is 0. The Hall–Kier alpha value is -0.670. The Bertz CT molecular complexity index is 330. The summed E-state index contributed by atoms with van der Waals surface area (Å²) in [6.45, 7) is 6.78. The average Bonchev–Trinajstić information content (AvgIpc) is 2.66. The first-order valence-electron chi connectivity index (χ1n) is 5.89. The fourth-order valence-corrected chi connectivity index (χ4v) is 2.49.